The molecule has 0 aliphatic rings. The topological polar surface area (TPSA) is 80.0 Å². The van der Waals surface area contributed by atoms with E-state index in [1.807, 2.05) is 32.2 Å². The minimum absolute atomic E-state index is 0.632. The van der Waals surface area contributed by atoms with Crippen molar-refractivity contribution in [3.05, 3.63) is 34.6 Å². The number of hydrogen-bond acceptors (Lipinski definition) is 7. The molecule has 0 aromatic carbocycles. The average Bonchev–Trinajstić information content (AvgIpc) is 2.76. The second-order valence-electron chi connectivity index (χ2n) is 4.09. The zero-order chi connectivity index (χ0) is 13.0. The van der Waals surface area contributed by atoms with E-state index < -0.39 is 0 Å². The van der Waals surface area contributed by atoms with Crippen LogP contribution in [-0.4, -0.2) is 27.1 Å². The van der Waals surface area contributed by atoms with Crippen molar-refractivity contribution in [3.63, 3.8) is 0 Å². The lowest BCUT2D eigenvalue weighted by molar-refractivity contribution is 0.313. The van der Waals surface area contributed by atoms with Crippen molar-refractivity contribution in [2.45, 2.75) is 20.0 Å². The van der Waals surface area contributed by atoms with Gasteiger partial charge in [-0.1, -0.05) is 17.4 Å². The fourth-order valence-corrected chi connectivity index (χ4v) is 2.36. The van der Waals surface area contributed by atoms with Crippen molar-refractivity contribution in [2.24, 2.45) is 5.84 Å². The Hall–Kier alpha value is -1.57. The summed E-state index contributed by atoms with van der Waals surface area (Å²) in [5.74, 6) is 5.27. The van der Waals surface area contributed by atoms with Crippen molar-refractivity contribution >= 4 is 16.5 Å². The van der Waals surface area contributed by atoms with Crippen LogP contribution in [0.4, 0.5) is 5.13 Å². The number of rotatable bonds is 5. The Kier molecular flexibility index (Phi) is 4.19. The molecule has 2 aromatic rings. The molecule has 0 saturated carbocycles. The standard InChI is InChI=1S/C11H16N6S/c1-8-4-3-5-9(13-8)6-17(2)7-10-15-16-11(14-12)18-10/h3-5H,6-7,12H2,1-2H3,(H,14,16). The highest BCUT2D eigenvalue weighted by Crippen LogP contribution is 2.15. The lowest BCUT2D eigenvalue weighted by atomic mass is 10.3. The number of hydrazine groups is 1. The fraction of sp³-hybridized carbons (Fsp3) is 0.364. The third-order valence-electron chi connectivity index (χ3n) is 2.37. The first kappa shape index (κ1) is 12.9. The maximum atomic E-state index is 5.27. The molecule has 2 heterocycles. The number of aryl methyl sites for hydroxylation is 1. The summed E-state index contributed by atoms with van der Waals surface area (Å²) >= 11 is 1.45. The Morgan fingerprint density at radius 3 is 2.83 bits per heavy atom. The van der Waals surface area contributed by atoms with Crippen molar-refractivity contribution in [2.75, 3.05) is 12.5 Å². The molecular weight excluding hydrogens is 248 g/mol. The van der Waals surface area contributed by atoms with Crippen molar-refractivity contribution in [3.8, 4) is 0 Å². The van der Waals surface area contributed by atoms with E-state index in [1.165, 1.54) is 11.3 Å². The highest BCUT2D eigenvalue weighted by atomic mass is 32.1. The first-order valence-corrected chi connectivity index (χ1v) is 6.39. The van der Waals surface area contributed by atoms with Gasteiger partial charge in [-0.25, -0.2) is 5.84 Å². The van der Waals surface area contributed by atoms with E-state index in [-0.39, 0.29) is 0 Å². The predicted molar refractivity (Wildman–Crippen MR) is 71.9 cm³/mol. The maximum Gasteiger partial charge on any atom is 0.219 e. The quantitative estimate of drug-likeness (QED) is 0.623. The molecule has 2 rings (SSSR count). The van der Waals surface area contributed by atoms with Crippen LogP contribution < -0.4 is 11.3 Å². The number of hydrogen-bond donors (Lipinski definition) is 2. The summed E-state index contributed by atoms with van der Waals surface area (Å²) in [6, 6.07) is 6.04. The second kappa shape index (κ2) is 5.85. The number of anilines is 1. The van der Waals surface area contributed by atoms with Crippen molar-refractivity contribution in [1.29, 1.82) is 0 Å². The highest BCUT2D eigenvalue weighted by Gasteiger charge is 2.07. The van der Waals surface area contributed by atoms with Gasteiger partial charge in [0.05, 0.1) is 12.2 Å². The van der Waals surface area contributed by atoms with E-state index in [4.69, 9.17) is 5.84 Å². The summed E-state index contributed by atoms with van der Waals surface area (Å²) in [6.07, 6.45) is 0. The summed E-state index contributed by atoms with van der Waals surface area (Å²) in [4.78, 5) is 6.61. The van der Waals surface area contributed by atoms with E-state index in [1.54, 1.807) is 0 Å². The lowest BCUT2D eigenvalue weighted by Gasteiger charge is -2.14. The molecule has 0 aliphatic carbocycles. The van der Waals surface area contributed by atoms with E-state index in [0.29, 0.717) is 5.13 Å². The summed E-state index contributed by atoms with van der Waals surface area (Å²) in [5.41, 5.74) is 4.58. The first-order chi connectivity index (χ1) is 8.67. The molecule has 0 saturated heterocycles. The third-order valence-corrected chi connectivity index (χ3v) is 3.21. The van der Waals surface area contributed by atoms with Gasteiger partial charge in [-0.2, -0.15) is 0 Å². The molecule has 0 spiro atoms. The van der Waals surface area contributed by atoms with Crippen LogP contribution in [0.2, 0.25) is 0 Å². The molecule has 0 bridgehead atoms. The van der Waals surface area contributed by atoms with Crippen LogP contribution in [0.25, 0.3) is 0 Å². The van der Waals surface area contributed by atoms with Gasteiger partial charge in [0.15, 0.2) is 0 Å². The minimum Gasteiger partial charge on any atom is -0.298 e. The largest absolute Gasteiger partial charge is 0.298 e. The molecular formula is C11H16N6S. The number of nitrogens with two attached hydrogens (primary N) is 1. The molecule has 0 fully saturated rings. The molecule has 0 aliphatic heterocycles. The lowest BCUT2D eigenvalue weighted by Crippen LogP contribution is -2.18. The Morgan fingerprint density at radius 1 is 1.33 bits per heavy atom. The number of aromatic nitrogens is 3. The summed E-state index contributed by atoms with van der Waals surface area (Å²) in [6.45, 7) is 3.51. The van der Waals surface area contributed by atoms with E-state index in [0.717, 1.165) is 29.5 Å². The zero-order valence-corrected chi connectivity index (χ0v) is 11.2. The van der Waals surface area contributed by atoms with Crippen molar-refractivity contribution < 1.29 is 0 Å². The zero-order valence-electron chi connectivity index (χ0n) is 10.4. The Labute approximate surface area is 110 Å². The van der Waals surface area contributed by atoms with Gasteiger partial charge in [0, 0.05) is 12.2 Å². The monoisotopic (exact) mass is 264 g/mol. The van der Waals surface area contributed by atoms with E-state index >= 15 is 0 Å². The van der Waals surface area contributed by atoms with Gasteiger partial charge in [0.1, 0.15) is 5.01 Å². The molecule has 96 valence electrons. The van der Waals surface area contributed by atoms with Crippen LogP contribution in [0.5, 0.6) is 0 Å². The highest BCUT2D eigenvalue weighted by molar-refractivity contribution is 7.15. The smallest absolute Gasteiger partial charge is 0.219 e. The van der Waals surface area contributed by atoms with E-state index in [9.17, 15) is 0 Å². The molecule has 0 radical (unpaired) electrons. The van der Waals surface area contributed by atoms with Gasteiger partial charge in [-0.15, -0.1) is 10.2 Å². The van der Waals surface area contributed by atoms with E-state index in [2.05, 4.69) is 25.5 Å². The molecule has 18 heavy (non-hydrogen) atoms. The molecule has 0 amide bonds. The minimum atomic E-state index is 0.632. The fourth-order valence-electron chi connectivity index (χ4n) is 1.63. The average molecular weight is 264 g/mol. The Bertz CT molecular complexity index is 512. The van der Waals surface area contributed by atoms with Crippen LogP contribution in [-0.2, 0) is 13.1 Å². The molecule has 0 atom stereocenters. The summed E-state index contributed by atoms with van der Waals surface area (Å²) < 4.78 is 0. The van der Waals surface area contributed by atoms with Crippen LogP contribution >= 0.6 is 11.3 Å². The van der Waals surface area contributed by atoms with Gasteiger partial charge in [-0.05, 0) is 26.1 Å². The van der Waals surface area contributed by atoms with Gasteiger partial charge < -0.3 is 0 Å². The van der Waals surface area contributed by atoms with Gasteiger partial charge in [-0.3, -0.25) is 15.3 Å². The second-order valence-corrected chi connectivity index (χ2v) is 5.15. The van der Waals surface area contributed by atoms with Crippen LogP contribution in [0.15, 0.2) is 18.2 Å². The predicted octanol–water partition coefficient (Wildman–Crippen LogP) is 1.16. The number of nitrogen functional groups attached to an aromatic ring is 1. The van der Waals surface area contributed by atoms with Crippen LogP contribution in [0, 0.1) is 6.92 Å². The molecule has 6 nitrogen and oxygen atoms in total. The molecule has 3 N–H and O–H groups in total. The van der Waals surface area contributed by atoms with Gasteiger partial charge in [0.25, 0.3) is 0 Å². The molecule has 0 unspecified atom stereocenters. The van der Waals surface area contributed by atoms with Gasteiger partial charge in [0.2, 0.25) is 5.13 Å². The summed E-state index contributed by atoms with van der Waals surface area (Å²) in [7, 11) is 2.03. The van der Waals surface area contributed by atoms with Gasteiger partial charge >= 0.3 is 0 Å². The first-order valence-electron chi connectivity index (χ1n) is 5.57. The van der Waals surface area contributed by atoms with Crippen LogP contribution in [0.1, 0.15) is 16.4 Å². The Balaban J connectivity index is 1.94. The SMILES string of the molecule is Cc1cccc(CN(C)Cc2nnc(NN)s2)n1. The van der Waals surface area contributed by atoms with Crippen molar-refractivity contribution in [1.82, 2.24) is 20.1 Å². The normalized spacial score (nSPS) is 10.9. The number of nitrogens with zero attached hydrogens (tertiary/aromatic N) is 4. The Morgan fingerprint density at radius 2 is 2.17 bits per heavy atom. The third kappa shape index (κ3) is 3.46. The summed E-state index contributed by atoms with van der Waals surface area (Å²) in [5, 5.41) is 9.51. The van der Waals surface area contributed by atoms with Crippen LogP contribution in [0.3, 0.4) is 0 Å². The maximum absolute atomic E-state index is 5.27. The number of nitrogens with one attached hydrogen (secondary N) is 1. The molecule has 2 aromatic heterocycles. The number of pyridine rings is 1. The molecule has 7 heteroatoms.